The molecule has 0 aliphatic carbocycles. The second-order valence-electron chi connectivity index (χ2n) is 3.68. The SMILES string of the molecule is CCCCN1C(=O)CCC(C)C1=O. The van der Waals surface area contributed by atoms with Gasteiger partial charge in [-0.15, -0.1) is 0 Å². The van der Waals surface area contributed by atoms with E-state index in [9.17, 15) is 9.59 Å². The number of piperidine rings is 1. The zero-order valence-corrected chi connectivity index (χ0v) is 8.38. The zero-order valence-electron chi connectivity index (χ0n) is 8.38. The molecular weight excluding hydrogens is 166 g/mol. The highest BCUT2D eigenvalue weighted by molar-refractivity contribution is 5.98. The highest BCUT2D eigenvalue weighted by atomic mass is 16.2. The van der Waals surface area contributed by atoms with E-state index in [1.807, 2.05) is 6.92 Å². The third kappa shape index (κ3) is 2.29. The van der Waals surface area contributed by atoms with Crippen molar-refractivity contribution in [3.63, 3.8) is 0 Å². The van der Waals surface area contributed by atoms with Crippen LogP contribution in [-0.4, -0.2) is 23.3 Å². The molecule has 0 radical (unpaired) electrons. The van der Waals surface area contributed by atoms with Gasteiger partial charge in [0.25, 0.3) is 0 Å². The topological polar surface area (TPSA) is 37.4 Å². The summed E-state index contributed by atoms with van der Waals surface area (Å²) in [5.74, 6) is 0.0656. The van der Waals surface area contributed by atoms with Crippen LogP contribution < -0.4 is 0 Å². The van der Waals surface area contributed by atoms with E-state index in [2.05, 4.69) is 6.92 Å². The van der Waals surface area contributed by atoms with Gasteiger partial charge in [0.05, 0.1) is 0 Å². The van der Waals surface area contributed by atoms with E-state index in [1.54, 1.807) is 0 Å². The number of unbranched alkanes of at least 4 members (excludes halogenated alkanes) is 1. The lowest BCUT2D eigenvalue weighted by Gasteiger charge is -2.28. The van der Waals surface area contributed by atoms with E-state index in [0.29, 0.717) is 13.0 Å². The molecule has 0 N–H and O–H groups in total. The zero-order chi connectivity index (χ0) is 9.84. The molecule has 1 heterocycles. The summed E-state index contributed by atoms with van der Waals surface area (Å²) in [7, 11) is 0. The Morgan fingerprint density at radius 2 is 2.15 bits per heavy atom. The van der Waals surface area contributed by atoms with Crippen molar-refractivity contribution in [3.05, 3.63) is 0 Å². The summed E-state index contributed by atoms with van der Waals surface area (Å²) in [4.78, 5) is 24.3. The first-order valence-corrected chi connectivity index (χ1v) is 5.01. The van der Waals surface area contributed by atoms with Gasteiger partial charge < -0.3 is 0 Å². The molecular formula is C10H17NO2. The Kier molecular flexibility index (Phi) is 3.46. The normalized spacial score (nSPS) is 23.8. The molecule has 74 valence electrons. The summed E-state index contributed by atoms with van der Waals surface area (Å²) < 4.78 is 0. The number of hydrogen-bond donors (Lipinski definition) is 0. The van der Waals surface area contributed by atoms with E-state index in [4.69, 9.17) is 0 Å². The van der Waals surface area contributed by atoms with Crippen LogP contribution >= 0.6 is 0 Å². The van der Waals surface area contributed by atoms with E-state index < -0.39 is 0 Å². The summed E-state index contributed by atoms with van der Waals surface area (Å²) in [6, 6.07) is 0. The van der Waals surface area contributed by atoms with Gasteiger partial charge in [0.15, 0.2) is 0 Å². The largest absolute Gasteiger partial charge is 0.282 e. The number of likely N-dealkylation sites (tertiary alicyclic amines) is 1. The Morgan fingerprint density at radius 1 is 1.46 bits per heavy atom. The maximum absolute atomic E-state index is 11.5. The van der Waals surface area contributed by atoms with Gasteiger partial charge in [0.1, 0.15) is 0 Å². The molecule has 0 aromatic carbocycles. The lowest BCUT2D eigenvalue weighted by atomic mass is 9.98. The van der Waals surface area contributed by atoms with Crippen LogP contribution in [0.1, 0.15) is 39.5 Å². The molecule has 2 amide bonds. The molecule has 1 unspecified atom stereocenters. The third-order valence-electron chi connectivity index (χ3n) is 2.52. The minimum absolute atomic E-state index is 0.0107. The molecule has 0 aromatic rings. The number of nitrogens with zero attached hydrogens (tertiary/aromatic N) is 1. The highest BCUT2D eigenvalue weighted by Gasteiger charge is 2.30. The van der Waals surface area contributed by atoms with Gasteiger partial charge >= 0.3 is 0 Å². The average Bonchev–Trinajstić information content (AvgIpc) is 2.12. The Bertz CT molecular complexity index is 213. The molecule has 1 aliphatic heterocycles. The average molecular weight is 183 g/mol. The van der Waals surface area contributed by atoms with Gasteiger partial charge in [0, 0.05) is 18.9 Å². The lowest BCUT2D eigenvalue weighted by molar-refractivity contribution is -0.151. The number of rotatable bonds is 3. The first-order valence-electron chi connectivity index (χ1n) is 5.01. The fourth-order valence-corrected chi connectivity index (χ4v) is 1.54. The second kappa shape index (κ2) is 4.40. The molecule has 0 spiro atoms. The van der Waals surface area contributed by atoms with Crippen molar-refractivity contribution in [1.82, 2.24) is 4.90 Å². The monoisotopic (exact) mass is 183 g/mol. The summed E-state index contributed by atoms with van der Waals surface area (Å²) >= 11 is 0. The minimum Gasteiger partial charge on any atom is -0.282 e. The van der Waals surface area contributed by atoms with E-state index in [0.717, 1.165) is 19.3 Å². The molecule has 13 heavy (non-hydrogen) atoms. The molecule has 3 heteroatoms. The molecule has 1 saturated heterocycles. The van der Waals surface area contributed by atoms with Crippen molar-refractivity contribution in [2.24, 2.45) is 5.92 Å². The molecule has 1 aliphatic rings. The highest BCUT2D eigenvalue weighted by Crippen LogP contribution is 2.18. The van der Waals surface area contributed by atoms with Crippen LogP contribution in [0.2, 0.25) is 0 Å². The Hall–Kier alpha value is -0.860. The van der Waals surface area contributed by atoms with Gasteiger partial charge in [-0.05, 0) is 12.8 Å². The van der Waals surface area contributed by atoms with Crippen LogP contribution in [0.5, 0.6) is 0 Å². The predicted octanol–water partition coefficient (Wildman–Crippen LogP) is 1.57. The first kappa shape index (κ1) is 10.2. The first-order chi connectivity index (χ1) is 6.16. The standard InChI is InChI=1S/C10H17NO2/c1-3-4-7-11-9(12)6-5-8(2)10(11)13/h8H,3-7H2,1-2H3. The van der Waals surface area contributed by atoms with Crippen molar-refractivity contribution in [3.8, 4) is 0 Å². The molecule has 0 saturated carbocycles. The summed E-state index contributed by atoms with van der Waals surface area (Å²) in [5, 5.41) is 0. The minimum atomic E-state index is 0.0107. The van der Waals surface area contributed by atoms with Gasteiger partial charge in [-0.25, -0.2) is 0 Å². The fraction of sp³-hybridized carbons (Fsp3) is 0.800. The van der Waals surface area contributed by atoms with Crippen LogP contribution in [0.15, 0.2) is 0 Å². The number of hydrogen-bond acceptors (Lipinski definition) is 2. The summed E-state index contributed by atoms with van der Waals surface area (Å²) in [6.45, 7) is 4.56. The van der Waals surface area contributed by atoms with Crippen molar-refractivity contribution in [2.45, 2.75) is 39.5 Å². The molecule has 1 fully saturated rings. The van der Waals surface area contributed by atoms with Gasteiger partial charge in [-0.3, -0.25) is 14.5 Å². The molecule has 1 atom stereocenters. The van der Waals surface area contributed by atoms with Crippen molar-refractivity contribution >= 4 is 11.8 Å². The fourth-order valence-electron chi connectivity index (χ4n) is 1.54. The predicted molar refractivity (Wildman–Crippen MR) is 50.0 cm³/mol. The maximum atomic E-state index is 11.5. The Labute approximate surface area is 79.1 Å². The quantitative estimate of drug-likeness (QED) is 0.623. The van der Waals surface area contributed by atoms with Crippen molar-refractivity contribution in [2.75, 3.05) is 6.54 Å². The van der Waals surface area contributed by atoms with E-state index in [-0.39, 0.29) is 17.7 Å². The van der Waals surface area contributed by atoms with Gasteiger partial charge in [0.2, 0.25) is 11.8 Å². The van der Waals surface area contributed by atoms with Crippen molar-refractivity contribution in [1.29, 1.82) is 0 Å². The van der Waals surface area contributed by atoms with Crippen LogP contribution in [0.3, 0.4) is 0 Å². The van der Waals surface area contributed by atoms with Crippen molar-refractivity contribution < 1.29 is 9.59 Å². The van der Waals surface area contributed by atoms with Crippen LogP contribution in [-0.2, 0) is 9.59 Å². The van der Waals surface area contributed by atoms with Gasteiger partial charge in [-0.1, -0.05) is 20.3 Å². The Morgan fingerprint density at radius 3 is 2.77 bits per heavy atom. The molecule has 0 aromatic heterocycles. The Balaban J connectivity index is 2.56. The molecule has 3 nitrogen and oxygen atoms in total. The third-order valence-corrected chi connectivity index (χ3v) is 2.52. The summed E-state index contributed by atoms with van der Waals surface area (Å²) in [5.41, 5.74) is 0. The van der Waals surface area contributed by atoms with Crippen LogP contribution in [0.4, 0.5) is 0 Å². The molecule has 1 rings (SSSR count). The van der Waals surface area contributed by atoms with E-state index in [1.165, 1.54) is 4.90 Å². The van der Waals surface area contributed by atoms with Crippen LogP contribution in [0.25, 0.3) is 0 Å². The maximum Gasteiger partial charge on any atom is 0.232 e. The number of carbonyl (C=O) groups excluding carboxylic acids is 2. The summed E-state index contributed by atoms with van der Waals surface area (Å²) in [6.07, 6.45) is 3.20. The number of amides is 2. The van der Waals surface area contributed by atoms with Crippen LogP contribution in [0, 0.1) is 5.92 Å². The number of imide groups is 1. The second-order valence-corrected chi connectivity index (χ2v) is 3.68. The number of carbonyl (C=O) groups is 2. The molecule has 0 bridgehead atoms. The lowest BCUT2D eigenvalue weighted by Crippen LogP contribution is -2.44. The smallest absolute Gasteiger partial charge is 0.232 e. The van der Waals surface area contributed by atoms with Gasteiger partial charge in [-0.2, -0.15) is 0 Å². The van der Waals surface area contributed by atoms with E-state index >= 15 is 0 Å².